The van der Waals surface area contributed by atoms with E-state index >= 15 is 0 Å². The molecule has 1 aromatic rings. The predicted octanol–water partition coefficient (Wildman–Crippen LogP) is 0.147. The van der Waals surface area contributed by atoms with Crippen LogP contribution in [-0.4, -0.2) is 36.5 Å². The van der Waals surface area contributed by atoms with Crippen molar-refractivity contribution in [2.45, 2.75) is 6.54 Å². The summed E-state index contributed by atoms with van der Waals surface area (Å²) in [6, 6.07) is 0. The fourth-order valence-corrected chi connectivity index (χ4v) is 1.78. The summed E-state index contributed by atoms with van der Waals surface area (Å²) < 4.78 is 41.8. The highest BCUT2D eigenvalue weighted by atomic mass is 32.2. The first-order valence-electron chi connectivity index (χ1n) is 4.45. The highest BCUT2D eigenvalue weighted by molar-refractivity contribution is 7.85. The molecule has 15 heavy (non-hydrogen) atoms. The molecule has 0 fully saturated rings. The van der Waals surface area contributed by atoms with Crippen LogP contribution in [0.5, 0.6) is 11.5 Å². The van der Waals surface area contributed by atoms with Crippen molar-refractivity contribution in [1.29, 1.82) is 0 Å². The van der Waals surface area contributed by atoms with Gasteiger partial charge in [-0.15, -0.1) is 0 Å². The summed E-state index contributed by atoms with van der Waals surface area (Å²) in [6.45, 7) is 1.17. The van der Waals surface area contributed by atoms with Gasteiger partial charge >= 0.3 is 0 Å². The molecule has 1 aliphatic rings. The van der Waals surface area contributed by atoms with Crippen LogP contribution in [0.2, 0.25) is 0 Å². The van der Waals surface area contributed by atoms with Gasteiger partial charge in [0.15, 0.2) is 11.5 Å². The summed E-state index contributed by atoms with van der Waals surface area (Å²) in [7, 11) is -3.93. The molecule has 2 heterocycles. The van der Waals surface area contributed by atoms with E-state index in [2.05, 4.69) is 0 Å². The SMILES string of the molecule is O=S(=O)(O)CCn1cc2c(c1)OCCO2. The monoisotopic (exact) mass is 233 g/mol. The quantitative estimate of drug-likeness (QED) is 0.752. The summed E-state index contributed by atoms with van der Waals surface area (Å²) in [5.74, 6) is 0.897. The van der Waals surface area contributed by atoms with Crippen LogP contribution < -0.4 is 9.47 Å². The molecule has 84 valence electrons. The lowest BCUT2D eigenvalue weighted by molar-refractivity contribution is 0.173. The highest BCUT2D eigenvalue weighted by Crippen LogP contribution is 2.30. The average Bonchev–Trinajstić information content (AvgIpc) is 2.56. The van der Waals surface area contributed by atoms with Gasteiger partial charge in [0, 0.05) is 6.54 Å². The molecule has 0 bridgehead atoms. The minimum atomic E-state index is -3.93. The second-order valence-corrected chi connectivity index (χ2v) is 4.78. The molecule has 0 atom stereocenters. The van der Waals surface area contributed by atoms with Crippen molar-refractivity contribution in [3.05, 3.63) is 12.4 Å². The van der Waals surface area contributed by atoms with Gasteiger partial charge in [0.05, 0.1) is 18.1 Å². The summed E-state index contributed by atoms with van der Waals surface area (Å²) >= 11 is 0. The van der Waals surface area contributed by atoms with Crippen LogP contribution in [-0.2, 0) is 16.7 Å². The molecular formula is C8H11NO5S. The third-order valence-electron chi connectivity index (χ3n) is 2.01. The van der Waals surface area contributed by atoms with E-state index in [0.29, 0.717) is 24.7 Å². The summed E-state index contributed by atoms with van der Waals surface area (Å²) in [4.78, 5) is 0. The van der Waals surface area contributed by atoms with E-state index in [1.807, 2.05) is 0 Å². The van der Waals surface area contributed by atoms with E-state index in [1.165, 1.54) is 0 Å². The van der Waals surface area contributed by atoms with Gasteiger partial charge in [-0.3, -0.25) is 4.55 Å². The third kappa shape index (κ3) is 2.63. The molecule has 0 spiro atoms. The highest BCUT2D eigenvalue weighted by Gasteiger charge is 2.14. The Balaban J connectivity index is 2.07. The molecule has 6 nitrogen and oxygen atoms in total. The topological polar surface area (TPSA) is 77.8 Å². The van der Waals surface area contributed by atoms with Crippen LogP contribution in [0.25, 0.3) is 0 Å². The fraction of sp³-hybridized carbons (Fsp3) is 0.500. The molecule has 0 aromatic carbocycles. The fourth-order valence-electron chi connectivity index (χ4n) is 1.34. The molecule has 0 amide bonds. The lowest BCUT2D eigenvalue weighted by Gasteiger charge is -2.13. The first-order chi connectivity index (χ1) is 7.04. The van der Waals surface area contributed by atoms with Crippen molar-refractivity contribution < 1.29 is 22.4 Å². The van der Waals surface area contributed by atoms with Crippen LogP contribution in [0.15, 0.2) is 12.4 Å². The Hall–Kier alpha value is -1.21. The van der Waals surface area contributed by atoms with Crippen molar-refractivity contribution in [1.82, 2.24) is 4.57 Å². The smallest absolute Gasteiger partial charge is 0.266 e. The van der Waals surface area contributed by atoms with E-state index in [1.54, 1.807) is 17.0 Å². The molecular weight excluding hydrogens is 222 g/mol. The first-order valence-corrected chi connectivity index (χ1v) is 6.06. The van der Waals surface area contributed by atoms with Gasteiger partial charge < -0.3 is 14.0 Å². The lowest BCUT2D eigenvalue weighted by atomic mass is 10.5. The third-order valence-corrected chi connectivity index (χ3v) is 2.71. The number of nitrogens with zero attached hydrogens (tertiary/aromatic N) is 1. The Morgan fingerprint density at radius 1 is 1.27 bits per heavy atom. The molecule has 0 saturated carbocycles. The number of hydrogen-bond donors (Lipinski definition) is 1. The van der Waals surface area contributed by atoms with Crippen molar-refractivity contribution in [2.24, 2.45) is 0 Å². The molecule has 0 radical (unpaired) electrons. The van der Waals surface area contributed by atoms with Crippen LogP contribution in [0.4, 0.5) is 0 Å². The van der Waals surface area contributed by atoms with Crippen LogP contribution in [0.3, 0.4) is 0 Å². The standard InChI is InChI=1S/C8H11NO5S/c10-15(11,12)4-1-9-5-7-8(6-9)14-3-2-13-7/h5-6H,1-4H2,(H,10,11,12). The van der Waals surface area contributed by atoms with Crippen LogP contribution in [0.1, 0.15) is 0 Å². The van der Waals surface area contributed by atoms with Gasteiger partial charge in [0.25, 0.3) is 10.1 Å². The molecule has 0 unspecified atom stereocenters. The van der Waals surface area contributed by atoms with Crippen molar-refractivity contribution in [3.63, 3.8) is 0 Å². The second kappa shape index (κ2) is 3.74. The largest absolute Gasteiger partial charge is 0.485 e. The number of aryl methyl sites for hydroxylation is 1. The van der Waals surface area contributed by atoms with E-state index in [0.717, 1.165) is 0 Å². The minimum absolute atomic E-state index is 0.179. The van der Waals surface area contributed by atoms with E-state index < -0.39 is 10.1 Å². The molecule has 1 N–H and O–H groups in total. The van der Waals surface area contributed by atoms with Crippen molar-refractivity contribution in [2.75, 3.05) is 19.0 Å². The molecule has 0 aliphatic carbocycles. The van der Waals surface area contributed by atoms with Gasteiger partial charge in [0.2, 0.25) is 0 Å². The zero-order valence-electron chi connectivity index (χ0n) is 7.92. The normalized spacial score (nSPS) is 15.3. The molecule has 2 rings (SSSR count). The summed E-state index contributed by atoms with van der Waals surface area (Å²) in [6.07, 6.45) is 3.30. The number of hydrogen-bond acceptors (Lipinski definition) is 4. The van der Waals surface area contributed by atoms with Crippen molar-refractivity contribution in [3.8, 4) is 11.5 Å². The Morgan fingerprint density at radius 3 is 2.27 bits per heavy atom. The van der Waals surface area contributed by atoms with Gasteiger partial charge in [-0.25, -0.2) is 0 Å². The number of rotatable bonds is 3. The van der Waals surface area contributed by atoms with E-state index in [4.69, 9.17) is 14.0 Å². The lowest BCUT2D eigenvalue weighted by Crippen LogP contribution is -2.13. The van der Waals surface area contributed by atoms with E-state index in [-0.39, 0.29) is 12.3 Å². The summed E-state index contributed by atoms with van der Waals surface area (Å²) in [5, 5.41) is 0. The number of aromatic nitrogens is 1. The second-order valence-electron chi connectivity index (χ2n) is 3.21. The number of ether oxygens (including phenoxy) is 2. The maximum Gasteiger partial charge on any atom is 0.266 e. The van der Waals surface area contributed by atoms with Crippen LogP contribution >= 0.6 is 0 Å². The first kappa shape index (κ1) is 10.3. The van der Waals surface area contributed by atoms with Gasteiger partial charge in [-0.1, -0.05) is 0 Å². The molecule has 1 aromatic heterocycles. The zero-order chi connectivity index (χ0) is 10.9. The average molecular weight is 233 g/mol. The molecule has 0 saturated heterocycles. The minimum Gasteiger partial charge on any atom is -0.485 e. The Morgan fingerprint density at radius 2 is 1.80 bits per heavy atom. The summed E-state index contributed by atoms with van der Waals surface area (Å²) in [5.41, 5.74) is 0. The van der Waals surface area contributed by atoms with Gasteiger partial charge in [-0.2, -0.15) is 8.42 Å². The Bertz CT molecular complexity index is 426. The maximum absolute atomic E-state index is 10.5. The molecule has 7 heteroatoms. The Kier molecular flexibility index (Phi) is 2.57. The maximum atomic E-state index is 10.5. The van der Waals surface area contributed by atoms with E-state index in [9.17, 15) is 8.42 Å². The predicted molar refractivity (Wildman–Crippen MR) is 51.8 cm³/mol. The van der Waals surface area contributed by atoms with Crippen molar-refractivity contribution >= 4 is 10.1 Å². The zero-order valence-corrected chi connectivity index (χ0v) is 8.74. The number of fused-ring (bicyclic) bond motifs is 1. The van der Waals surface area contributed by atoms with Crippen LogP contribution in [0, 0.1) is 0 Å². The Labute approximate surface area is 87.2 Å². The van der Waals surface area contributed by atoms with Gasteiger partial charge in [0.1, 0.15) is 13.2 Å². The van der Waals surface area contributed by atoms with Gasteiger partial charge in [-0.05, 0) is 0 Å². The molecule has 1 aliphatic heterocycles.